The molecule has 0 saturated carbocycles. The lowest BCUT2D eigenvalue weighted by Gasteiger charge is -2.13. The molecular weight excluding hydrogens is 239 g/mol. The Morgan fingerprint density at radius 3 is 2.21 bits per heavy atom. The molecule has 82 valence electrons. The minimum Gasteiger partial charge on any atom is -0.306 e. The Bertz CT molecular complexity index is 237. The third kappa shape index (κ3) is 3.99. The van der Waals surface area contributed by atoms with Crippen LogP contribution in [-0.4, -0.2) is 24.7 Å². The van der Waals surface area contributed by atoms with E-state index >= 15 is 0 Å². The summed E-state index contributed by atoms with van der Waals surface area (Å²) in [5, 5.41) is 0. The lowest BCUT2D eigenvalue weighted by molar-refractivity contribution is 0.229. The third-order valence-corrected chi connectivity index (χ3v) is 6.20. The Labute approximate surface area is 93.5 Å². The van der Waals surface area contributed by atoms with Crippen LogP contribution in [0.4, 0.5) is 0 Å². The van der Waals surface area contributed by atoms with E-state index in [4.69, 9.17) is 9.05 Å². The predicted molar refractivity (Wildman–Crippen MR) is 63.9 cm³/mol. The molecule has 0 unspecified atom stereocenters. The monoisotopic (exact) mass is 254 g/mol. The zero-order valence-electron chi connectivity index (χ0n) is 8.39. The minimum absolute atomic E-state index is 0.413. The molecule has 0 N–H and O–H groups in total. The summed E-state index contributed by atoms with van der Waals surface area (Å²) in [7, 11) is -2.97. The average molecular weight is 254 g/mol. The van der Waals surface area contributed by atoms with Gasteiger partial charge in [-0.1, -0.05) is 0 Å². The summed E-state index contributed by atoms with van der Waals surface area (Å²) in [5.74, 6) is 3.81. The standard InChI is InChI=1S/C8H15O3PS2/c1-3-10-12(9,11-4-2)7-8-13-5-6-14-8/h7H,3-6H2,1-2H3. The molecule has 1 fully saturated rings. The maximum absolute atomic E-state index is 12.0. The van der Waals surface area contributed by atoms with Crippen LogP contribution in [0.5, 0.6) is 0 Å². The van der Waals surface area contributed by atoms with Crippen LogP contribution in [0.25, 0.3) is 0 Å². The fourth-order valence-corrected chi connectivity index (χ4v) is 5.48. The van der Waals surface area contributed by atoms with E-state index in [1.54, 1.807) is 29.3 Å². The summed E-state index contributed by atoms with van der Waals surface area (Å²) in [5.41, 5.74) is 0. The first-order chi connectivity index (χ1) is 6.70. The largest absolute Gasteiger partial charge is 0.355 e. The van der Waals surface area contributed by atoms with Crippen molar-refractivity contribution < 1.29 is 13.6 Å². The van der Waals surface area contributed by atoms with Gasteiger partial charge in [0.25, 0.3) is 0 Å². The van der Waals surface area contributed by atoms with E-state index in [0.717, 1.165) is 15.7 Å². The lowest BCUT2D eigenvalue weighted by Crippen LogP contribution is -1.92. The van der Waals surface area contributed by atoms with Crippen LogP contribution in [0.3, 0.4) is 0 Å². The fourth-order valence-electron chi connectivity index (χ4n) is 1.00. The summed E-state index contributed by atoms with van der Waals surface area (Å²) in [6, 6.07) is 0. The van der Waals surface area contributed by atoms with E-state index in [-0.39, 0.29) is 0 Å². The van der Waals surface area contributed by atoms with Gasteiger partial charge in [-0.3, -0.25) is 4.57 Å². The van der Waals surface area contributed by atoms with Crippen molar-refractivity contribution >= 4 is 31.1 Å². The second-order valence-corrected chi connectivity index (χ2v) is 6.91. The maximum Gasteiger partial charge on any atom is 0.355 e. The topological polar surface area (TPSA) is 35.5 Å². The van der Waals surface area contributed by atoms with Crippen LogP contribution in [0.1, 0.15) is 13.8 Å². The van der Waals surface area contributed by atoms with Gasteiger partial charge in [-0.05, 0) is 13.8 Å². The molecule has 0 radical (unpaired) electrons. The number of thioether (sulfide) groups is 2. The van der Waals surface area contributed by atoms with E-state index in [1.165, 1.54) is 0 Å². The van der Waals surface area contributed by atoms with Crippen molar-refractivity contribution in [1.29, 1.82) is 0 Å². The molecule has 3 nitrogen and oxygen atoms in total. The first kappa shape index (κ1) is 12.7. The predicted octanol–water partition coefficient (Wildman–Crippen LogP) is 3.53. The summed E-state index contributed by atoms with van der Waals surface area (Å²) in [6.45, 7) is 4.46. The van der Waals surface area contributed by atoms with Gasteiger partial charge in [-0.25, -0.2) is 0 Å². The van der Waals surface area contributed by atoms with E-state index in [2.05, 4.69) is 0 Å². The van der Waals surface area contributed by atoms with Crippen LogP contribution in [0, 0.1) is 0 Å². The first-order valence-corrected chi connectivity index (χ1v) is 8.15. The maximum atomic E-state index is 12.0. The second-order valence-electron chi connectivity index (χ2n) is 2.52. The van der Waals surface area contributed by atoms with Gasteiger partial charge in [-0.2, -0.15) is 0 Å². The van der Waals surface area contributed by atoms with Crippen LogP contribution < -0.4 is 0 Å². The average Bonchev–Trinajstić information content (AvgIpc) is 2.57. The van der Waals surface area contributed by atoms with Crippen LogP contribution in [-0.2, 0) is 13.6 Å². The Kier molecular flexibility index (Phi) is 5.64. The van der Waals surface area contributed by atoms with Gasteiger partial charge in [0.1, 0.15) is 0 Å². The Hall–Kier alpha value is 0.590. The van der Waals surface area contributed by atoms with Crippen molar-refractivity contribution in [3.05, 3.63) is 10.1 Å². The summed E-state index contributed by atoms with van der Waals surface area (Å²) >= 11 is 3.43. The van der Waals surface area contributed by atoms with Crippen molar-refractivity contribution in [1.82, 2.24) is 0 Å². The zero-order valence-corrected chi connectivity index (χ0v) is 10.9. The van der Waals surface area contributed by atoms with Crippen molar-refractivity contribution in [2.24, 2.45) is 0 Å². The second kappa shape index (κ2) is 6.23. The van der Waals surface area contributed by atoms with E-state index in [1.807, 2.05) is 13.8 Å². The van der Waals surface area contributed by atoms with Crippen LogP contribution >= 0.6 is 31.1 Å². The Balaban J connectivity index is 2.66. The molecule has 1 heterocycles. The van der Waals surface area contributed by atoms with Crippen molar-refractivity contribution in [2.45, 2.75) is 13.8 Å². The molecule has 0 bridgehead atoms. The van der Waals surface area contributed by atoms with Gasteiger partial charge in [0, 0.05) is 21.6 Å². The molecule has 0 aromatic rings. The Morgan fingerprint density at radius 2 is 1.79 bits per heavy atom. The number of hydrogen-bond donors (Lipinski definition) is 0. The highest BCUT2D eigenvalue weighted by Gasteiger charge is 2.23. The lowest BCUT2D eigenvalue weighted by atomic mass is 10.9. The molecule has 0 aromatic carbocycles. The smallest absolute Gasteiger partial charge is 0.306 e. The summed E-state index contributed by atoms with van der Waals surface area (Å²) in [6.07, 6.45) is 0. The fraction of sp³-hybridized carbons (Fsp3) is 0.750. The summed E-state index contributed by atoms with van der Waals surface area (Å²) in [4.78, 5) is 0. The molecule has 6 heteroatoms. The molecule has 1 aliphatic heterocycles. The van der Waals surface area contributed by atoms with Crippen LogP contribution in [0.15, 0.2) is 10.1 Å². The van der Waals surface area contributed by atoms with Gasteiger partial charge in [0.05, 0.1) is 13.2 Å². The molecule has 0 amide bonds. The molecule has 1 aliphatic rings. The van der Waals surface area contributed by atoms with Gasteiger partial charge in [0.15, 0.2) is 0 Å². The van der Waals surface area contributed by atoms with E-state index in [0.29, 0.717) is 13.2 Å². The highest BCUT2D eigenvalue weighted by atomic mass is 32.2. The molecular formula is C8H15O3PS2. The first-order valence-electron chi connectivity index (χ1n) is 4.57. The Morgan fingerprint density at radius 1 is 1.29 bits per heavy atom. The van der Waals surface area contributed by atoms with Crippen LogP contribution in [0.2, 0.25) is 0 Å². The third-order valence-electron chi connectivity index (χ3n) is 1.45. The van der Waals surface area contributed by atoms with Crippen molar-refractivity contribution in [2.75, 3.05) is 24.7 Å². The molecule has 14 heavy (non-hydrogen) atoms. The van der Waals surface area contributed by atoms with Gasteiger partial charge >= 0.3 is 7.60 Å². The molecule has 1 saturated heterocycles. The quantitative estimate of drug-likeness (QED) is 0.701. The molecule has 0 aliphatic carbocycles. The molecule has 0 aromatic heterocycles. The number of rotatable bonds is 5. The summed E-state index contributed by atoms with van der Waals surface area (Å²) < 4.78 is 23.4. The SMILES string of the molecule is CCOP(=O)(C=C1SCCS1)OCC. The van der Waals surface area contributed by atoms with Gasteiger partial charge in [0.2, 0.25) is 0 Å². The number of hydrogen-bond acceptors (Lipinski definition) is 5. The van der Waals surface area contributed by atoms with Gasteiger partial charge in [-0.15, -0.1) is 23.5 Å². The molecule has 1 rings (SSSR count). The molecule has 0 atom stereocenters. The zero-order chi connectivity index (χ0) is 10.4. The van der Waals surface area contributed by atoms with Gasteiger partial charge < -0.3 is 9.05 Å². The van der Waals surface area contributed by atoms with Crippen molar-refractivity contribution in [3.8, 4) is 0 Å². The van der Waals surface area contributed by atoms with E-state index < -0.39 is 7.60 Å². The minimum atomic E-state index is -2.97. The van der Waals surface area contributed by atoms with Crippen molar-refractivity contribution in [3.63, 3.8) is 0 Å². The highest BCUT2D eigenvalue weighted by molar-refractivity contribution is 8.25. The highest BCUT2D eigenvalue weighted by Crippen LogP contribution is 2.54. The normalized spacial score (nSPS) is 17.4. The van der Waals surface area contributed by atoms with E-state index in [9.17, 15) is 4.57 Å². The molecule has 0 spiro atoms.